The van der Waals surface area contributed by atoms with E-state index in [1.165, 1.54) is 103 Å². The molecule has 9 aliphatic carbocycles. The van der Waals surface area contributed by atoms with E-state index in [0.717, 1.165) is 34.3 Å². The highest BCUT2D eigenvalue weighted by atomic mass is 28.2. The Morgan fingerprint density at radius 2 is 1.57 bits per heavy atom. The zero-order chi connectivity index (χ0) is 25.6. The van der Waals surface area contributed by atoms with Crippen LogP contribution in [0, 0.1) is 44.8 Å². The fraction of sp³-hybridized carbons (Fsp3) is 0.882. The molecule has 2 nitrogen and oxygen atoms in total. The smallest absolute Gasteiger partial charge is 0.224 e. The van der Waals surface area contributed by atoms with E-state index in [4.69, 9.17) is 5.73 Å². The SMILES string of the molecule is CCCCCCCCC1=C(CCCCCC)C(CC)=[Si](C2C3CC4(C(N)=O)CC25C2C46C4C6(C3)C245)C1C. The van der Waals surface area contributed by atoms with Crippen LogP contribution in [0.3, 0.4) is 0 Å². The minimum Gasteiger partial charge on any atom is -0.369 e. The Bertz CT molecular complexity index is 1150. The summed E-state index contributed by atoms with van der Waals surface area (Å²) in [6.45, 7) is 9.87. The zero-order valence-electron chi connectivity index (χ0n) is 24.2. The fourth-order valence-electron chi connectivity index (χ4n) is 14.5. The zero-order valence-corrected chi connectivity index (χ0v) is 25.2. The number of unbranched alkanes of at least 4 members (excludes halogenated alkanes) is 8. The van der Waals surface area contributed by atoms with E-state index in [2.05, 4.69) is 27.7 Å². The first-order chi connectivity index (χ1) is 18.0. The number of rotatable bonds is 15. The molecule has 10 aliphatic rings. The topological polar surface area (TPSA) is 43.1 Å². The summed E-state index contributed by atoms with van der Waals surface area (Å²) in [4.78, 5) is 13.1. The largest absolute Gasteiger partial charge is 0.369 e. The highest BCUT2D eigenvalue weighted by Gasteiger charge is 3.35. The highest BCUT2D eigenvalue weighted by Crippen LogP contribution is 3.37. The summed E-state index contributed by atoms with van der Waals surface area (Å²) >= 11 is 0. The summed E-state index contributed by atoms with van der Waals surface area (Å²) in [6, 6.07) is 0. The minimum atomic E-state index is -0.601. The van der Waals surface area contributed by atoms with E-state index in [-0.39, 0.29) is 11.3 Å². The van der Waals surface area contributed by atoms with E-state index in [1.807, 2.05) is 16.3 Å². The van der Waals surface area contributed by atoms with Gasteiger partial charge in [-0.15, -0.1) is 0 Å². The first-order valence-electron chi connectivity index (χ1n) is 16.7. The van der Waals surface area contributed by atoms with Crippen molar-refractivity contribution in [1.82, 2.24) is 0 Å². The molecule has 0 aromatic heterocycles. The van der Waals surface area contributed by atoms with Crippen LogP contribution in [0.4, 0.5) is 0 Å². The van der Waals surface area contributed by atoms with Gasteiger partial charge in [-0.2, -0.15) is 0 Å². The first-order valence-corrected chi connectivity index (χ1v) is 18.4. The Morgan fingerprint density at radius 1 is 0.892 bits per heavy atom. The third-order valence-corrected chi connectivity index (χ3v) is 19.1. The predicted molar refractivity (Wildman–Crippen MR) is 154 cm³/mol. The van der Waals surface area contributed by atoms with Gasteiger partial charge in [0.1, 0.15) is 0 Å². The van der Waals surface area contributed by atoms with Gasteiger partial charge in [0, 0.05) is 8.41 Å². The molecule has 4 spiro atoms. The lowest BCUT2D eigenvalue weighted by molar-refractivity contribution is -0.183. The molecular formula is C34H51NOSi. The van der Waals surface area contributed by atoms with Crippen molar-refractivity contribution in [3.8, 4) is 0 Å². The maximum atomic E-state index is 13.1. The van der Waals surface area contributed by atoms with Gasteiger partial charge >= 0.3 is 0 Å². The van der Waals surface area contributed by atoms with E-state index in [1.54, 1.807) is 0 Å². The average molecular weight is 518 g/mol. The minimum absolute atomic E-state index is 0.0594. The lowest BCUT2D eigenvalue weighted by atomic mass is 9.39. The standard InChI is InChI=1S/C34H51NOSi/c1-5-8-10-12-13-15-16-23-21(4)37(25(7-3)24(23)17-14-11-9-6-2)26-22-18-30(29(35)36)20-31(26)27-33(30)28-32(33,19-22)34(27,28)31/h21-22,26-28H,5-20H2,1-4H3,(H2,35,36). The van der Waals surface area contributed by atoms with Gasteiger partial charge in [-0.25, -0.2) is 0 Å². The van der Waals surface area contributed by atoms with Crippen molar-refractivity contribution in [2.75, 3.05) is 0 Å². The Hall–Kier alpha value is -0.703. The fourth-order valence-corrected chi connectivity index (χ4v) is 19.5. The number of nitrogens with two attached hydrogens (primary N) is 1. The Kier molecular flexibility index (Phi) is 4.77. The van der Waals surface area contributed by atoms with Crippen molar-refractivity contribution < 1.29 is 4.79 Å². The molecule has 10 unspecified atom stereocenters. The molecule has 9 fully saturated rings. The van der Waals surface area contributed by atoms with Gasteiger partial charge in [0.05, 0.1) is 5.41 Å². The molecule has 0 aromatic rings. The van der Waals surface area contributed by atoms with Gasteiger partial charge in [-0.1, -0.05) is 89.8 Å². The Labute approximate surface area is 227 Å². The van der Waals surface area contributed by atoms with E-state index < -0.39 is 8.41 Å². The number of hydrogen-bond donors (Lipinski definition) is 1. The number of allylic oxidation sites excluding steroid dienone is 2. The van der Waals surface area contributed by atoms with Gasteiger partial charge in [0.15, 0.2) is 0 Å². The van der Waals surface area contributed by atoms with Crippen molar-refractivity contribution in [3.63, 3.8) is 0 Å². The molecule has 202 valence electrons. The molecule has 0 radical (unpaired) electrons. The van der Waals surface area contributed by atoms with Crippen LogP contribution in [0.5, 0.6) is 0 Å². The molecule has 6 bridgehead atoms. The van der Waals surface area contributed by atoms with Crippen molar-refractivity contribution >= 4 is 19.5 Å². The lowest BCUT2D eigenvalue weighted by Gasteiger charge is -2.65. The van der Waals surface area contributed by atoms with Gasteiger partial charge in [0.2, 0.25) is 5.91 Å². The second kappa shape index (κ2) is 7.32. The van der Waals surface area contributed by atoms with Gasteiger partial charge in [0.25, 0.3) is 0 Å². The van der Waals surface area contributed by atoms with Gasteiger partial charge < -0.3 is 5.73 Å². The number of amides is 1. The molecule has 1 amide bonds. The highest BCUT2D eigenvalue weighted by molar-refractivity contribution is 6.78. The predicted octanol–water partition coefficient (Wildman–Crippen LogP) is 7.97. The van der Waals surface area contributed by atoms with Crippen LogP contribution in [-0.4, -0.2) is 19.5 Å². The van der Waals surface area contributed by atoms with E-state index in [0.29, 0.717) is 16.2 Å². The van der Waals surface area contributed by atoms with E-state index >= 15 is 0 Å². The second-order valence-corrected chi connectivity index (χ2v) is 18.2. The number of carbonyl (C=O) groups excluding carboxylic acids is 1. The second-order valence-electron chi connectivity index (χ2n) is 15.2. The van der Waals surface area contributed by atoms with Crippen LogP contribution >= 0.6 is 0 Å². The number of primary amides is 1. The molecule has 10 rings (SSSR count). The first kappa shape index (κ1) is 24.1. The van der Waals surface area contributed by atoms with Gasteiger partial charge in [-0.05, 0) is 107 Å². The molecule has 9 saturated carbocycles. The molecule has 1 aliphatic heterocycles. The van der Waals surface area contributed by atoms with Crippen molar-refractivity contribution in [3.05, 3.63) is 11.1 Å². The van der Waals surface area contributed by atoms with Crippen molar-refractivity contribution in [2.45, 2.75) is 142 Å². The van der Waals surface area contributed by atoms with Crippen LogP contribution in [0.15, 0.2) is 11.1 Å². The van der Waals surface area contributed by atoms with Crippen LogP contribution in [-0.2, 0) is 4.79 Å². The Balaban J connectivity index is 1.10. The molecular weight excluding hydrogens is 466 g/mol. The molecule has 37 heavy (non-hydrogen) atoms. The molecule has 0 aromatic carbocycles. The molecule has 3 heteroatoms. The molecule has 0 saturated heterocycles. The summed E-state index contributed by atoms with van der Waals surface area (Å²) in [5, 5.41) is 2.00. The van der Waals surface area contributed by atoms with Crippen LogP contribution in [0.1, 0.15) is 130 Å². The summed E-state index contributed by atoms with van der Waals surface area (Å²) in [7, 11) is -0.601. The van der Waals surface area contributed by atoms with Crippen LogP contribution in [0.25, 0.3) is 0 Å². The number of hydrogen-bond acceptors (Lipinski definition) is 1. The lowest BCUT2D eigenvalue weighted by Crippen LogP contribution is -2.65. The number of carbonyl (C=O) groups is 1. The van der Waals surface area contributed by atoms with Gasteiger partial charge in [-0.3, -0.25) is 4.79 Å². The molecule has 2 N–H and O–H groups in total. The van der Waals surface area contributed by atoms with Crippen LogP contribution < -0.4 is 5.73 Å². The third kappa shape index (κ3) is 2.08. The van der Waals surface area contributed by atoms with E-state index in [9.17, 15) is 4.79 Å². The van der Waals surface area contributed by atoms with Crippen molar-refractivity contribution in [1.29, 1.82) is 0 Å². The normalized spacial score (nSPS) is 51.5. The molecule has 10 atom stereocenters. The summed E-state index contributed by atoms with van der Waals surface area (Å²) in [5.74, 6) is 2.86. The molecule has 1 heterocycles. The maximum Gasteiger partial charge on any atom is 0.224 e. The Morgan fingerprint density at radius 3 is 2.27 bits per heavy atom. The summed E-state index contributed by atoms with van der Waals surface area (Å²) in [5.41, 5.74) is 14.3. The average Bonchev–Trinajstić information content (AvgIpc) is 3.68. The summed E-state index contributed by atoms with van der Waals surface area (Å²) in [6.07, 6.45) is 22.0. The van der Waals surface area contributed by atoms with Crippen LogP contribution in [0.2, 0.25) is 11.1 Å². The maximum absolute atomic E-state index is 13.1. The summed E-state index contributed by atoms with van der Waals surface area (Å²) < 4.78 is 0. The third-order valence-electron chi connectivity index (χ3n) is 14.8. The quantitative estimate of drug-likeness (QED) is 0.174. The van der Waals surface area contributed by atoms with Crippen molar-refractivity contribution in [2.24, 2.45) is 50.6 Å². The monoisotopic (exact) mass is 517 g/mol.